The standard InChI is InChI=1S/C25H23N3O2/c1-26-24(29)19-14-12-18(13-15-19)20(16-17-8-4-3-5-9-17)23-25(30)28(2)22-11-7-6-10-21(22)27-23/h3-15,20H,16H2,1-2H3,(H,26,29). The Morgan fingerprint density at radius 1 is 0.967 bits per heavy atom. The van der Waals surface area contributed by atoms with E-state index in [-0.39, 0.29) is 17.4 Å². The Morgan fingerprint density at radius 2 is 1.63 bits per heavy atom. The summed E-state index contributed by atoms with van der Waals surface area (Å²) in [5.74, 6) is -0.365. The van der Waals surface area contributed by atoms with Crippen molar-refractivity contribution in [2.45, 2.75) is 12.3 Å². The Hall–Kier alpha value is -3.73. The van der Waals surface area contributed by atoms with Gasteiger partial charge >= 0.3 is 0 Å². The molecule has 4 aromatic rings. The van der Waals surface area contributed by atoms with Crippen LogP contribution in [-0.2, 0) is 13.5 Å². The zero-order chi connectivity index (χ0) is 21.1. The maximum atomic E-state index is 13.2. The van der Waals surface area contributed by atoms with Crippen LogP contribution in [0.4, 0.5) is 0 Å². The van der Waals surface area contributed by atoms with Crippen molar-refractivity contribution in [3.05, 3.63) is 112 Å². The van der Waals surface area contributed by atoms with Crippen LogP contribution in [0.3, 0.4) is 0 Å². The molecule has 0 saturated carbocycles. The van der Waals surface area contributed by atoms with Gasteiger partial charge in [0.05, 0.1) is 11.0 Å². The molecule has 1 unspecified atom stereocenters. The molecule has 1 heterocycles. The van der Waals surface area contributed by atoms with Crippen LogP contribution in [0.15, 0.2) is 83.7 Å². The van der Waals surface area contributed by atoms with Gasteiger partial charge in [-0.2, -0.15) is 0 Å². The van der Waals surface area contributed by atoms with Crippen molar-refractivity contribution in [2.75, 3.05) is 7.05 Å². The van der Waals surface area contributed by atoms with E-state index in [1.807, 2.05) is 54.6 Å². The highest BCUT2D eigenvalue weighted by Crippen LogP contribution is 2.27. The number of para-hydroxylation sites is 2. The second-order valence-electron chi connectivity index (χ2n) is 7.29. The second kappa shape index (κ2) is 8.33. The van der Waals surface area contributed by atoms with Crippen molar-refractivity contribution in [3.8, 4) is 0 Å². The molecule has 1 N–H and O–H groups in total. The van der Waals surface area contributed by atoms with E-state index in [0.717, 1.165) is 22.2 Å². The number of aromatic nitrogens is 2. The van der Waals surface area contributed by atoms with E-state index in [1.165, 1.54) is 0 Å². The SMILES string of the molecule is CNC(=O)c1ccc(C(Cc2ccccc2)c2nc3ccccc3n(C)c2=O)cc1. The highest BCUT2D eigenvalue weighted by atomic mass is 16.1. The first-order valence-electron chi connectivity index (χ1n) is 9.90. The number of carbonyl (C=O) groups excluding carboxylic acids is 1. The van der Waals surface area contributed by atoms with E-state index in [4.69, 9.17) is 4.98 Å². The number of nitrogens with one attached hydrogen (secondary N) is 1. The van der Waals surface area contributed by atoms with Gasteiger partial charge in [-0.15, -0.1) is 0 Å². The van der Waals surface area contributed by atoms with Gasteiger partial charge in [-0.3, -0.25) is 9.59 Å². The molecule has 0 aliphatic heterocycles. The third kappa shape index (κ3) is 3.74. The molecule has 0 radical (unpaired) electrons. The van der Waals surface area contributed by atoms with Crippen molar-refractivity contribution in [1.29, 1.82) is 0 Å². The van der Waals surface area contributed by atoms with Gasteiger partial charge in [0, 0.05) is 25.6 Å². The summed E-state index contributed by atoms with van der Waals surface area (Å²) in [4.78, 5) is 29.9. The number of nitrogens with zero attached hydrogens (tertiary/aromatic N) is 2. The lowest BCUT2D eigenvalue weighted by Crippen LogP contribution is -2.27. The second-order valence-corrected chi connectivity index (χ2v) is 7.29. The summed E-state index contributed by atoms with van der Waals surface area (Å²) in [5.41, 5.74) is 4.65. The number of fused-ring (bicyclic) bond motifs is 1. The molecule has 0 aliphatic carbocycles. The van der Waals surface area contributed by atoms with E-state index in [1.54, 1.807) is 30.8 Å². The molecule has 3 aromatic carbocycles. The highest BCUT2D eigenvalue weighted by Gasteiger charge is 2.22. The molecule has 0 fully saturated rings. The molecular formula is C25H23N3O2. The first kappa shape index (κ1) is 19.6. The van der Waals surface area contributed by atoms with Gasteiger partial charge in [0.25, 0.3) is 11.5 Å². The summed E-state index contributed by atoms with van der Waals surface area (Å²) in [6.45, 7) is 0. The highest BCUT2D eigenvalue weighted by molar-refractivity contribution is 5.94. The monoisotopic (exact) mass is 397 g/mol. The van der Waals surface area contributed by atoms with Crippen LogP contribution in [-0.4, -0.2) is 22.5 Å². The molecule has 1 atom stereocenters. The fraction of sp³-hybridized carbons (Fsp3) is 0.160. The molecule has 0 saturated heterocycles. The first-order chi connectivity index (χ1) is 14.6. The van der Waals surface area contributed by atoms with Crippen LogP contribution in [0.1, 0.15) is 33.1 Å². The number of aryl methyl sites for hydroxylation is 1. The summed E-state index contributed by atoms with van der Waals surface area (Å²) in [6.07, 6.45) is 0.640. The lowest BCUT2D eigenvalue weighted by atomic mass is 9.88. The number of hydrogen-bond donors (Lipinski definition) is 1. The molecule has 4 rings (SSSR count). The Morgan fingerprint density at radius 3 is 2.33 bits per heavy atom. The summed E-state index contributed by atoms with van der Waals surface area (Å²) in [5, 5.41) is 2.63. The number of benzene rings is 3. The normalized spacial score (nSPS) is 11.9. The van der Waals surface area contributed by atoms with Crippen molar-refractivity contribution < 1.29 is 4.79 Å². The smallest absolute Gasteiger partial charge is 0.273 e. The van der Waals surface area contributed by atoms with Crippen molar-refractivity contribution in [3.63, 3.8) is 0 Å². The predicted molar refractivity (Wildman–Crippen MR) is 119 cm³/mol. The zero-order valence-electron chi connectivity index (χ0n) is 17.0. The largest absolute Gasteiger partial charge is 0.355 e. The number of rotatable bonds is 5. The van der Waals surface area contributed by atoms with Crippen molar-refractivity contribution in [1.82, 2.24) is 14.9 Å². The molecule has 0 aliphatic rings. The molecule has 1 amide bonds. The molecule has 5 heteroatoms. The van der Waals surface area contributed by atoms with Crippen LogP contribution in [0, 0.1) is 0 Å². The Balaban J connectivity index is 1.86. The summed E-state index contributed by atoms with van der Waals surface area (Å²) < 4.78 is 1.66. The van der Waals surface area contributed by atoms with E-state index < -0.39 is 0 Å². The molecular weight excluding hydrogens is 374 g/mol. The average molecular weight is 397 g/mol. The minimum absolute atomic E-state index is 0.106. The maximum absolute atomic E-state index is 13.2. The maximum Gasteiger partial charge on any atom is 0.273 e. The minimum Gasteiger partial charge on any atom is -0.355 e. The van der Waals surface area contributed by atoms with Crippen molar-refractivity contribution >= 4 is 16.9 Å². The van der Waals surface area contributed by atoms with E-state index >= 15 is 0 Å². The predicted octanol–water partition coefficient (Wildman–Crippen LogP) is 3.67. The summed E-state index contributed by atoms with van der Waals surface area (Å²) >= 11 is 0. The molecule has 5 nitrogen and oxygen atoms in total. The number of amides is 1. The fourth-order valence-electron chi connectivity index (χ4n) is 3.76. The van der Waals surface area contributed by atoms with Crippen LogP contribution in [0.25, 0.3) is 11.0 Å². The number of hydrogen-bond acceptors (Lipinski definition) is 3. The van der Waals surface area contributed by atoms with Gasteiger partial charge < -0.3 is 9.88 Å². The minimum atomic E-state index is -0.227. The quantitative estimate of drug-likeness (QED) is 0.559. The summed E-state index contributed by atoms with van der Waals surface area (Å²) in [6, 6.07) is 25.1. The molecule has 1 aromatic heterocycles. The molecule has 0 bridgehead atoms. The number of carbonyl (C=O) groups is 1. The van der Waals surface area contributed by atoms with Crippen LogP contribution in [0.5, 0.6) is 0 Å². The summed E-state index contributed by atoms with van der Waals surface area (Å²) in [7, 11) is 3.39. The molecule has 0 spiro atoms. The lowest BCUT2D eigenvalue weighted by molar-refractivity contribution is 0.0963. The Bertz CT molecular complexity index is 1250. The van der Waals surface area contributed by atoms with Crippen LogP contribution >= 0.6 is 0 Å². The topological polar surface area (TPSA) is 64.0 Å². The fourth-order valence-corrected chi connectivity index (χ4v) is 3.76. The van der Waals surface area contributed by atoms with E-state index in [9.17, 15) is 9.59 Å². The van der Waals surface area contributed by atoms with Crippen LogP contribution < -0.4 is 10.9 Å². The van der Waals surface area contributed by atoms with Crippen LogP contribution in [0.2, 0.25) is 0 Å². The third-order valence-electron chi connectivity index (χ3n) is 5.42. The Kier molecular flexibility index (Phi) is 5.44. The van der Waals surface area contributed by atoms with Gasteiger partial charge in [-0.05, 0) is 41.8 Å². The van der Waals surface area contributed by atoms with Gasteiger partial charge in [-0.1, -0.05) is 54.6 Å². The van der Waals surface area contributed by atoms with Gasteiger partial charge in [-0.25, -0.2) is 4.98 Å². The Labute approximate surface area is 175 Å². The molecule has 30 heavy (non-hydrogen) atoms. The van der Waals surface area contributed by atoms with Gasteiger partial charge in [0.15, 0.2) is 0 Å². The zero-order valence-corrected chi connectivity index (χ0v) is 17.0. The average Bonchev–Trinajstić information content (AvgIpc) is 2.80. The molecule has 150 valence electrons. The third-order valence-corrected chi connectivity index (χ3v) is 5.42. The first-order valence-corrected chi connectivity index (χ1v) is 9.90. The lowest BCUT2D eigenvalue weighted by Gasteiger charge is -2.19. The van der Waals surface area contributed by atoms with Gasteiger partial charge in [0.1, 0.15) is 5.69 Å². The van der Waals surface area contributed by atoms with E-state index in [0.29, 0.717) is 17.7 Å². The van der Waals surface area contributed by atoms with Crippen molar-refractivity contribution in [2.24, 2.45) is 7.05 Å². The van der Waals surface area contributed by atoms with Gasteiger partial charge in [0.2, 0.25) is 0 Å². The van der Waals surface area contributed by atoms with E-state index in [2.05, 4.69) is 17.4 Å².